The molecule has 1 saturated carbocycles. The van der Waals surface area contributed by atoms with Crippen LogP contribution in [0, 0.1) is 5.92 Å². The van der Waals surface area contributed by atoms with Gasteiger partial charge in [-0.3, -0.25) is 4.98 Å². The van der Waals surface area contributed by atoms with Crippen molar-refractivity contribution in [3.63, 3.8) is 0 Å². The average Bonchev–Trinajstić information content (AvgIpc) is 3.17. The maximum absolute atomic E-state index is 9.55. The van der Waals surface area contributed by atoms with Crippen molar-refractivity contribution < 1.29 is 10.2 Å². The summed E-state index contributed by atoms with van der Waals surface area (Å²) in [5.74, 6) is 0.841. The first-order chi connectivity index (χ1) is 14.6. The number of pyridine rings is 1. The number of aromatic nitrogens is 5. The Morgan fingerprint density at radius 3 is 2.77 bits per heavy atom. The number of aliphatic hydroxyl groups is 2. The summed E-state index contributed by atoms with van der Waals surface area (Å²) in [6, 6.07) is 11.5. The molecule has 1 aliphatic carbocycles. The first kappa shape index (κ1) is 18.7. The highest BCUT2D eigenvalue weighted by atomic mass is 16.3. The molecule has 0 radical (unpaired) electrons. The molecule has 3 heterocycles. The lowest BCUT2D eigenvalue weighted by molar-refractivity contribution is 0.0429. The maximum Gasteiger partial charge on any atom is 0.251 e. The van der Waals surface area contributed by atoms with Crippen molar-refractivity contribution in [2.24, 2.45) is 5.92 Å². The smallest absolute Gasteiger partial charge is 0.251 e. The van der Waals surface area contributed by atoms with Gasteiger partial charge in [-0.05, 0) is 49.4 Å². The van der Waals surface area contributed by atoms with Crippen LogP contribution in [0.4, 0.5) is 5.69 Å². The summed E-state index contributed by atoms with van der Waals surface area (Å²) >= 11 is 0. The summed E-state index contributed by atoms with van der Waals surface area (Å²) in [5, 5.41) is 24.3. The Hall–Kier alpha value is -3.36. The third-order valence-corrected chi connectivity index (χ3v) is 5.62. The van der Waals surface area contributed by atoms with Gasteiger partial charge in [-0.15, -0.1) is 0 Å². The number of rotatable bonds is 5. The molecule has 8 heteroatoms. The second kappa shape index (κ2) is 7.47. The highest BCUT2D eigenvalue weighted by Crippen LogP contribution is 2.32. The Bertz CT molecular complexity index is 1220. The number of nitrogens with two attached hydrogens (primary N) is 1. The molecule has 8 nitrogen and oxygen atoms in total. The second-order valence-electron chi connectivity index (χ2n) is 7.76. The fraction of sp³-hybridized carbons (Fsp3) is 0.273. The van der Waals surface area contributed by atoms with E-state index in [1.165, 1.54) is 0 Å². The summed E-state index contributed by atoms with van der Waals surface area (Å²) in [6.45, 7) is -0.157. The van der Waals surface area contributed by atoms with E-state index in [2.05, 4.69) is 15.1 Å². The Morgan fingerprint density at radius 2 is 1.97 bits per heavy atom. The highest BCUT2D eigenvalue weighted by Gasteiger charge is 2.28. The van der Waals surface area contributed by atoms with Crippen LogP contribution in [0.2, 0.25) is 0 Å². The molecule has 0 aliphatic heterocycles. The third kappa shape index (κ3) is 3.40. The first-order valence-corrected chi connectivity index (χ1v) is 9.95. The summed E-state index contributed by atoms with van der Waals surface area (Å²) in [6.07, 6.45) is 5.58. The molecule has 5 rings (SSSR count). The molecule has 1 aliphatic rings. The van der Waals surface area contributed by atoms with Crippen molar-refractivity contribution in [1.29, 1.82) is 0 Å². The van der Waals surface area contributed by atoms with Crippen LogP contribution in [-0.4, -0.2) is 41.0 Å². The molecule has 0 unspecified atom stereocenters. The zero-order valence-corrected chi connectivity index (χ0v) is 16.3. The van der Waals surface area contributed by atoms with Crippen LogP contribution in [0.5, 0.6) is 0 Å². The second-order valence-corrected chi connectivity index (χ2v) is 7.76. The molecule has 1 fully saturated rings. The monoisotopic (exact) mass is 402 g/mol. The highest BCUT2D eigenvalue weighted by molar-refractivity contribution is 5.84. The van der Waals surface area contributed by atoms with Crippen LogP contribution in [0.25, 0.3) is 28.1 Å². The van der Waals surface area contributed by atoms with E-state index >= 15 is 0 Å². The molecule has 0 saturated heterocycles. The SMILES string of the molecule is Nc1ccc(-c2ccc3cnn(-c4nccc(CO)n4)c3c2)nc1CC1CC(O)C1. The van der Waals surface area contributed by atoms with E-state index in [1.54, 1.807) is 23.1 Å². The van der Waals surface area contributed by atoms with E-state index in [9.17, 15) is 10.2 Å². The van der Waals surface area contributed by atoms with Gasteiger partial charge >= 0.3 is 0 Å². The van der Waals surface area contributed by atoms with Crippen LogP contribution >= 0.6 is 0 Å². The standard InChI is InChI=1S/C22H22N6O2/c23-18-3-4-19(27-20(18)9-13-7-17(30)8-13)14-1-2-15-11-25-28(21(15)10-14)22-24-6-5-16(12-29)26-22/h1-6,10-11,13,17,29-30H,7-9,12,23H2. The van der Waals surface area contributed by atoms with Gasteiger partial charge in [0, 0.05) is 17.1 Å². The number of aliphatic hydroxyl groups excluding tert-OH is 2. The summed E-state index contributed by atoms with van der Waals surface area (Å²) in [4.78, 5) is 13.5. The predicted molar refractivity (Wildman–Crippen MR) is 113 cm³/mol. The van der Waals surface area contributed by atoms with E-state index in [4.69, 9.17) is 10.7 Å². The topological polar surface area (TPSA) is 123 Å². The van der Waals surface area contributed by atoms with Gasteiger partial charge in [0.05, 0.1) is 47.2 Å². The Balaban J connectivity index is 1.52. The normalized spacial score (nSPS) is 18.5. The van der Waals surface area contributed by atoms with E-state index in [-0.39, 0.29) is 12.7 Å². The lowest BCUT2D eigenvalue weighted by Crippen LogP contribution is -2.30. The number of nitrogen functional groups attached to an aromatic ring is 1. The molecule has 3 aromatic heterocycles. The molecule has 152 valence electrons. The van der Waals surface area contributed by atoms with Gasteiger partial charge in [-0.2, -0.15) is 9.78 Å². The predicted octanol–water partition coefficient (Wildman–Crippen LogP) is 2.27. The largest absolute Gasteiger partial charge is 0.397 e. The first-order valence-electron chi connectivity index (χ1n) is 9.95. The van der Waals surface area contributed by atoms with Crippen molar-refractivity contribution in [3.8, 4) is 17.2 Å². The lowest BCUT2D eigenvalue weighted by atomic mass is 9.79. The lowest BCUT2D eigenvalue weighted by Gasteiger charge is -2.31. The molecular formula is C22H22N6O2. The zero-order valence-electron chi connectivity index (χ0n) is 16.3. The Morgan fingerprint density at radius 1 is 1.10 bits per heavy atom. The zero-order chi connectivity index (χ0) is 20.7. The van der Waals surface area contributed by atoms with E-state index in [1.807, 2.05) is 30.3 Å². The van der Waals surface area contributed by atoms with Gasteiger partial charge in [0.15, 0.2) is 0 Å². The Kier molecular flexibility index (Phi) is 4.65. The summed E-state index contributed by atoms with van der Waals surface area (Å²) in [7, 11) is 0. The number of anilines is 1. The molecule has 0 atom stereocenters. The molecular weight excluding hydrogens is 380 g/mol. The van der Waals surface area contributed by atoms with Gasteiger partial charge in [-0.1, -0.05) is 12.1 Å². The minimum atomic E-state index is -0.186. The van der Waals surface area contributed by atoms with Crippen LogP contribution in [0.15, 0.2) is 48.8 Å². The molecule has 0 amide bonds. The van der Waals surface area contributed by atoms with Crippen LogP contribution in [0.1, 0.15) is 24.2 Å². The van der Waals surface area contributed by atoms with E-state index in [0.29, 0.717) is 23.2 Å². The molecule has 30 heavy (non-hydrogen) atoms. The van der Waals surface area contributed by atoms with Gasteiger partial charge < -0.3 is 15.9 Å². The molecule has 0 bridgehead atoms. The van der Waals surface area contributed by atoms with E-state index < -0.39 is 0 Å². The van der Waals surface area contributed by atoms with Crippen molar-refractivity contribution in [1.82, 2.24) is 24.7 Å². The maximum atomic E-state index is 9.55. The van der Waals surface area contributed by atoms with Crippen molar-refractivity contribution in [2.75, 3.05) is 5.73 Å². The van der Waals surface area contributed by atoms with Gasteiger partial charge in [-0.25, -0.2) is 9.97 Å². The van der Waals surface area contributed by atoms with Gasteiger partial charge in [0.1, 0.15) is 0 Å². The van der Waals surface area contributed by atoms with Crippen molar-refractivity contribution in [3.05, 3.63) is 60.2 Å². The van der Waals surface area contributed by atoms with Crippen LogP contribution in [-0.2, 0) is 13.0 Å². The number of nitrogens with zero attached hydrogens (tertiary/aromatic N) is 5. The minimum Gasteiger partial charge on any atom is -0.397 e. The quantitative estimate of drug-likeness (QED) is 0.468. The fourth-order valence-electron chi connectivity index (χ4n) is 3.89. The Labute approximate surface area is 173 Å². The minimum absolute atomic E-state index is 0.157. The van der Waals surface area contributed by atoms with Gasteiger partial charge in [0.2, 0.25) is 0 Å². The number of hydrogen-bond donors (Lipinski definition) is 3. The molecule has 4 aromatic rings. The third-order valence-electron chi connectivity index (χ3n) is 5.62. The van der Waals surface area contributed by atoms with E-state index in [0.717, 1.165) is 47.1 Å². The molecule has 4 N–H and O–H groups in total. The number of benzene rings is 1. The molecule has 0 spiro atoms. The van der Waals surface area contributed by atoms with Crippen molar-refractivity contribution in [2.45, 2.75) is 32.0 Å². The number of hydrogen-bond acceptors (Lipinski definition) is 7. The molecule has 1 aromatic carbocycles. The fourth-order valence-corrected chi connectivity index (χ4v) is 3.89. The number of fused-ring (bicyclic) bond motifs is 1. The van der Waals surface area contributed by atoms with Crippen LogP contribution < -0.4 is 5.73 Å². The average molecular weight is 402 g/mol. The van der Waals surface area contributed by atoms with Gasteiger partial charge in [0.25, 0.3) is 5.95 Å². The van der Waals surface area contributed by atoms with Crippen LogP contribution in [0.3, 0.4) is 0 Å². The summed E-state index contributed by atoms with van der Waals surface area (Å²) < 4.78 is 1.66. The van der Waals surface area contributed by atoms with Crippen molar-refractivity contribution >= 4 is 16.6 Å². The summed E-state index contributed by atoms with van der Waals surface area (Å²) in [5.41, 5.74) is 10.9.